The normalized spacial score (nSPS) is 15.3. The van der Waals surface area contributed by atoms with Gasteiger partial charge in [-0.2, -0.15) is 5.26 Å². The second-order valence-corrected chi connectivity index (χ2v) is 6.40. The Hall–Kier alpha value is -3.06. The zero-order valence-electron chi connectivity index (χ0n) is 14.1. The molecule has 3 aromatic rings. The summed E-state index contributed by atoms with van der Waals surface area (Å²) < 4.78 is 0. The molecule has 1 fully saturated rings. The smallest absolute Gasteiger partial charge is 0.132 e. The summed E-state index contributed by atoms with van der Waals surface area (Å²) in [7, 11) is 0. The summed E-state index contributed by atoms with van der Waals surface area (Å²) in [5.74, 6) is 0.706. The number of nitrogens with one attached hydrogen (secondary N) is 1. The topological polar surface area (TPSA) is 55.7 Å². The van der Waals surface area contributed by atoms with Crippen LogP contribution in [0.25, 0.3) is 22.7 Å². The van der Waals surface area contributed by atoms with Gasteiger partial charge in [0.15, 0.2) is 0 Å². The van der Waals surface area contributed by atoms with Gasteiger partial charge in [-0.25, -0.2) is 4.98 Å². The average Bonchev–Trinajstić information content (AvgIpc) is 3.09. The molecule has 0 radical (unpaired) electrons. The lowest BCUT2D eigenvalue weighted by atomic mass is 10.0. The van der Waals surface area contributed by atoms with Crippen molar-refractivity contribution in [2.24, 2.45) is 0 Å². The SMILES string of the molecule is N#CC(=Cc1nc2ccccc2[nH]1)c1ccc(N2CCCCC2)cc1. The second-order valence-electron chi connectivity index (χ2n) is 6.40. The first-order valence-corrected chi connectivity index (χ1v) is 8.75. The van der Waals surface area contributed by atoms with Crippen LogP contribution in [0.4, 0.5) is 5.69 Å². The molecule has 25 heavy (non-hydrogen) atoms. The fourth-order valence-electron chi connectivity index (χ4n) is 3.36. The molecule has 0 atom stereocenters. The third-order valence-corrected chi connectivity index (χ3v) is 4.71. The Balaban J connectivity index is 1.60. The minimum absolute atomic E-state index is 0.615. The van der Waals surface area contributed by atoms with Crippen molar-refractivity contribution in [2.45, 2.75) is 19.3 Å². The monoisotopic (exact) mass is 328 g/mol. The van der Waals surface area contributed by atoms with Gasteiger partial charge in [0.1, 0.15) is 5.82 Å². The Kier molecular flexibility index (Phi) is 4.22. The van der Waals surface area contributed by atoms with Crippen molar-refractivity contribution in [3.8, 4) is 6.07 Å². The number of para-hydroxylation sites is 2. The van der Waals surface area contributed by atoms with Crippen molar-refractivity contribution in [3.63, 3.8) is 0 Å². The number of allylic oxidation sites excluding steroid dienone is 1. The number of benzene rings is 2. The Labute approximate surface area is 147 Å². The molecule has 4 rings (SSSR count). The molecule has 1 saturated heterocycles. The lowest BCUT2D eigenvalue weighted by molar-refractivity contribution is 0.578. The summed E-state index contributed by atoms with van der Waals surface area (Å²) >= 11 is 0. The first kappa shape index (κ1) is 15.5. The number of aromatic amines is 1. The van der Waals surface area contributed by atoms with E-state index in [0.717, 1.165) is 29.7 Å². The first-order valence-electron chi connectivity index (χ1n) is 8.75. The third kappa shape index (κ3) is 3.27. The van der Waals surface area contributed by atoms with E-state index in [1.807, 2.05) is 42.5 Å². The minimum Gasteiger partial charge on any atom is -0.372 e. The highest BCUT2D eigenvalue weighted by Gasteiger charge is 2.11. The molecule has 1 aliphatic heterocycles. The summed E-state index contributed by atoms with van der Waals surface area (Å²) in [6.07, 6.45) is 5.66. The maximum Gasteiger partial charge on any atom is 0.132 e. The van der Waals surface area contributed by atoms with Crippen LogP contribution in [0.15, 0.2) is 48.5 Å². The lowest BCUT2D eigenvalue weighted by Crippen LogP contribution is -2.29. The summed E-state index contributed by atoms with van der Waals surface area (Å²) in [6, 6.07) is 18.5. The number of aromatic nitrogens is 2. The largest absolute Gasteiger partial charge is 0.372 e. The van der Waals surface area contributed by atoms with Gasteiger partial charge in [-0.15, -0.1) is 0 Å². The Bertz CT molecular complexity index is 905. The lowest BCUT2D eigenvalue weighted by Gasteiger charge is -2.28. The summed E-state index contributed by atoms with van der Waals surface area (Å²) in [5, 5.41) is 9.56. The molecule has 124 valence electrons. The molecule has 2 aromatic carbocycles. The van der Waals surface area contributed by atoms with Crippen molar-refractivity contribution in [1.29, 1.82) is 5.26 Å². The van der Waals surface area contributed by atoms with Gasteiger partial charge >= 0.3 is 0 Å². The number of rotatable bonds is 3. The number of fused-ring (bicyclic) bond motifs is 1. The first-order chi connectivity index (χ1) is 12.3. The van der Waals surface area contributed by atoms with Crippen LogP contribution in [0.1, 0.15) is 30.7 Å². The van der Waals surface area contributed by atoms with Crippen LogP contribution < -0.4 is 4.90 Å². The minimum atomic E-state index is 0.615. The fourth-order valence-corrected chi connectivity index (χ4v) is 3.36. The third-order valence-electron chi connectivity index (χ3n) is 4.71. The predicted octanol–water partition coefficient (Wildman–Crippen LogP) is 4.62. The van der Waals surface area contributed by atoms with E-state index in [2.05, 4.69) is 33.1 Å². The van der Waals surface area contributed by atoms with Gasteiger partial charge in [-0.05, 0) is 55.2 Å². The quantitative estimate of drug-likeness (QED) is 0.714. The summed E-state index contributed by atoms with van der Waals surface area (Å²) in [6.45, 7) is 2.25. The van der Waals surface area contributed by atoms with Crippen LogP contribution in [0.3, 0.4) is 0 Å². The van der Waals surface area contributed by atoms with Crippen molar-refractivity contribution in [2.75, 3.05) is 18.0 Å². The molecule has 4 heteroatoms. The van der Waals surface area contributed by atoms with E-state index in [1.54, 1.807) is 0 Å². The molecule has 0 saturated carbocycles. The van der Waals surface area contributed by atoms with Crippen molar-refractivity contribution >= 4 is 28.4 Å². The molecule has 0 spiro atoms. The average molecular weight is 328 g/mol. The zero-order valence-corrected chi connectivity index (χ0v) is 14.1. The molecular formula is C21H20N4. The maximum absolute atomic E-state index is 9.56. The second kappa shape index (κ2) is 6.82. The molecule has 0 unspecified atom stereocenters. The van der Waals surface area contributed by atoms with Crippen LogP contribution in [-0.4, -0.2) is 23.1 Å². The van der Waals surface area contributed by atoms with Crippen molar-refractivity contribution < 1.29 is 0 Å². The number of nitrogens with zero attached hydrogens (tertiary/aromatic N) is 3. The fraction of sp³-hybridized carbons (Fsp3) is 0.238. The van der Waals surface area contributed by atoms with Gasteiger partial charge in [0.05, 0.1) is 22.7 Å². The van der Waals surface area contributed by atoms with Gasteiger partial charge in [0.2, 0.25) is 0 Å². The number of H-pyrrole nitrogens is 1. The maximum atomic E-state index is 9.56. The van der Waals surface area contributed by atoms with E-state index >= 15 is 0 Å². The molecule has 4 nitrogen and oxygen atoms in total. The highest BCUT2D eigenvalue weighted by atomic mass is 15.1. The molecule has 0 amide bonds. The van der Waals surface area contributed by atoms with Crippen molar-refractivity contribution in [3.05, 3.63) is 59.9 Å². The van der Waals surface area contributed by atoms with E-state index in [1.165, 1.54) is 24.9 Å². The van der Waals surface area contributed by atoms with E-state index in [-0.39, 0.29) is 0 Å². The van der Waals surface area contributed by atoms with Crippen molar-refractivity contribution in [1.82, 2.24) is 9.97 Å². The van der Waals surface area contributed by atoms with Gasteiger partial charge in [-0.3, -0.25) is 0 Å². The summed E-state index contributed by atoms with van der Waals surface area (Å²) in [4.78, 5) is 10.2. The van der Waals surface area contributed by atoms with E-state index in [9.17, 15) is 5.26 Å². The Morgan fingerprint density at radius 3 is 2.52 bits per heavy atom. The highest BCUT2D eigenvalue weighted by Crippen LogP contribution is 2.24. The standard InChI is InChI=1S/C21H20N4/c22-15-17(14-21-23-19-6-2-3-7-20(19)24-21)16-8-10-18(11-9-16)25-12-4-1-5-13-25/h2-3,6-11,14H,1,4-5,12-13H2,(H,23,24). The van der Waals surface area contributed by atoms with Crippen LogP contribution in [0.2, 0.25) is 0 Å². The van der Waals surface area contributed by atoms with E-state index < -0.39 is 0 Å². The highest BCUT2D eigenvalue weighted by molar-refractivity contribution is 5.90. The number of hydrogen-bond acceptors (Lipinski definition) is 3. The van der Waals surface area contributed by atoms with E-state index in [4.69, 9.17) is 0 Å². The number of nitriles is 1. The number of hydrogen-bond donors (Lipinski definition) is 1. The molecule has 1 aromatic heterocycles. The van der Waals surface area contributed by atoms with Crippen LogP contribution >= 0.6 is 0 Å². The summed E-state index contributed by atoms with van der Waals surface area (Å²) in [5.41, 5.74) is 4.66. The number of imidazole rings is 1. The van der Waals surface area contributed by atoms with Crippen LogP contribution in [-0.2, 0) is 0 Å². The number of piperidine rings is 1. The van der Waals surface area contributed by atoms with E-state index in [0.29, 0.717) is 11.4 Å². The molecule has 0 aliphatic carbocycles. The van der Waals surface area contributed by atoms with Gasteiger partial charge in [0.25, 0.3) is 0 Å². The molecule has 1 N–H and O–H groups in total. The Morgan fingerprint density at radius 2 is 1.80 bits per heavy atom. The number of anilines is 1. The van der Waals surface area contributed by atoms with Gasteiger partial charge < -0.3 is 9.88 Å². The molecular weight excluding hydrogens is 308 g/mol. The molecule has 2 heterocycles. The van der Waals surface area contributed by atoms with Crippen LogP contribution in [0, 0.1) is 11.3 Å². The zero-order chi connectivity index (χ0) is 17.1. The Morgan fingerprint density at radius 1 is 1.04 bits per heavy atom. The molecule has 1 aliphatic rings. The predicted molar refractivity (Wildman–Crippen MR) is 102 cm³/mol. The van der Waals surface area contributed by atoms with Gasteiger partial charge in [0, 0.05) is 18.8 Å². The molecule has 0 bridgehead atoms. The van der Waals surface area contributed by atoms with Crippen LogP contribution in [0.5, 0.6) is 0 Å². The van der Waals surface area contributed by atoms with Gasteiger partial charge in [-0.1, -0.05) is 24.3 Å².